The Bertz CT molecular complexity index is 1140. The van der Waals surface area contributed by atoms with Gasteiger partial charge in [-0.1, -0.05) is 0 Å². The topological polar surface area (TPSA) is 69.0 Å². The Hall–Kier alpha value is -4.00. The maximum absolute atomic E-state index is 13.4. The van der Waals surface area contributed by atoms with Gasteiger partial charge in [0.15, 0.2) is 5.69 Å². The van der Waals surface area contributed by atoms with Crippen molar-refractivity contribution in [3.05, 3.63) is 90.6 Å². The van der Waals surface area contributed by atoms with Gasteiger partial charge in [0.2, 0.25) is 0 Å². The lowest BCUT2D eigenvalue weighted by Crippen LogP contribution is -2.13. The summed E-state index contributed by atoms with van der Waals surface area (Å²) in [5, 5.41) is 7.29. The summed E-state index contributed by atoms with van der Waals surface area (Å²) in [6.07, 6.45) is 3.35. The molecule has 4 aromatic rings. The van der Waals surface area contributed by atoms with Gasteiger partial charge < -0.3 is 10.1 Å². The fourth-order valence-electron chi connectivity index (χ4n) is 2.99. The highest BCUT2D eigenvalue weighted by Gasteiger charge is 2.17. The molecule has 7 heteroatoms. The summed E-state index contributed by atoms with van der Waals surface area (Å²) in [6, 6.07) is 18.4. The van der Waals surface area contributed by atoms with Gasteiger partial charge in [0.1, 0.15) is 11.6 Å². The summed E-state index contributed by atoms with van der Waals surface area (Å²) >= 11 is 0. The van der Waals surface area contributed by atoms with E-state index in [1.165, 1.54) is 12.1 Å². The Morgan fingerprint density at radius 1 is 1.10 bits per heavy atom. The number of ether oxygens (including phenoxy) is 1. The van der Waals surface area contributed by atoms with E-state index >= 15 is 0 Å². The maximum Gasteiger partial charge on any atom is 0.276 e. The van der Waals surface area contributed by atoms with Crippen molar-refractivity contribution < 1.29 is 13.9 Å². The van der Waals surface area contributed by atoms with E-state index in [9.17, 15) is 9.18 Å². The summed E-state index contributed by atoms with van der Waals surface area (Å²) in [7, 11) is 0. The predicted molar refractivity (Wildman–Crippen MR) is 112 cm³/mol. The van der Waals surface area contributed by atoms with Gasteiger partial charge in [-0.05, 0) is 73.7 Å². The maximum atomic E-state index is 13.4. The molecule has 150 valence electrons. The average molecular weight is 402 g/mol. The number of benzene rings is 2. The van der Waals surface area contributed by atoms with Crippen LogP contribution in [-0.2, 0) is 0 Å². The number of nitrogens with one attached hydrogen (secondary N) is 1. The number of pyridine rings is 1. The SMILES string of the molecule is CCOc1ccc(NC(=O)c2cc(-c3cccnc3)n(-c3ccc(F)cc3)n2)cc1. The molecule has 0 saturated carbocycles. The lowest BCUT2D eigenvalue weighted by Gasteiger charge is -2.07. The van der Waals surface area contributed by atoms with Crippen molar-refractivity contribution in [1.29, 1.82) is 0 Å². The molecular formula is C23H19FN4O2. The normalized spacial score (nSPS) is 10.6. The first-order valence-electron chi connectivity index (χ1n) is 9.44. The van der Waals surface area contributed by atoms with Crippen LogP contribution in [0.15, 0.2) is 79.1 Å². The molecule has 2 aromatic heterocycles. The average Bonchev–Trinajstić information content (AvgIpc) is 3.22. The summed E-state index contributed by atoms with van der Waals surface area (Å²) in [5.74, 6) is 0.0300. The molecule has 0 radical (unpaired) electrons. The molecule has 0 atom stereocenters. The zero-order chi connectivity index (χ0) is 20.9. The summed E-state index contributed by atoms with van der Waals surface area (Å²) in [5.41, 5.74) is 2.95. The number of carbonyl (C=O) groups is 1. The third kappa shape index (κ3) is 4.20. The first-order chi connectivity index (χ1) is 14.6. The van der Waals surface area contributed by atoms with Gasteiger partial charge in [0.25, 0.3) is 5.91 Å². The minimum atomic E-state index is -0.356. The van der Waals surface area contributed by atoms with E-state index in [1.807, 2.05) is 13.0 Å². The number of aromatic nitrogens is 3. The highest BCUT2D eigenvalue weighted by atomic mass is 19.1. The van der Waals surface area contributed by atoms with Crippen LogP contribution in [0.25, 0.3) is 16.9 Å². The van der Waals surface area contributed by atoms with Crippen LogP contribution < -0.4 is 10.1 Å². The number of halogens is 1. The summed E-state index contributed by atoms with van der Waals surface area (Å²) < 4.78 is 20.4. The third-order valence-electron chi connectivity index (χ3n) is 4.39. The van der Waals surface area contributed by atoms with Crippen LogP contribution >= 0.6 is 0 Å². The Labute approximate surface area is 173 Å². The Kier molecular flexibility index (Phi) is 5.52. The molecule has 0 unspecified atom stereocenters. The van der Waals surface area contributed by atoms with Crippen molar-refractivity contribution in [3.63, 3.8) is 0 Å². The fraction of sp³-hybridized carbons (Fsp3) is 0.0870. The highest BCUT2D eigenvalue weighted by Crippen LogP contribution is 2.24. The number of hydrogen-bond donors (Lipinski definition) is 1. The molecule has 4 rings (SSSR count). The van der Waals surface area contributed by atoms with E-state index in [1.54, 1.807) is 65.6 Å². The molecule has 2 aromatic carbocycles. The van der Waals surface area contributed by atoms with Gasteiger partial charge in [0, 0.05) is 23.6 Å². The highest BCUT2D eigenvalue weighted by molar-refractivity contribution is 6.03. The van der Waals surface area contributed by atoms with Gasteiger partial charge >= 0.3 is 0 Å². The summed E-state index contributed by atoms with van der Waals surface area (Å²) in [6.45, 7) is 2.48. The molecule has 6 nitrogen and oxygen atoms in total. The third-order valence-corrected chi connectivity index (χ3v) is 4.39. The molecule has 1 amide bonds. The van der Waals surface area contributed by atoms with E-state index < -0.39 is 0 Å². The molecule has 0 aliphatic rings. The number of hydrogen-bond acceptors (Lipinski definition) is 4. The zero-order valence-electron chi connectivity index (χ0n) is 16.2. The van der Waals surface area contributed by atoms with Crippen molar-refractivity contribution in [2.75, 3.05) is 11.9 Å². The van der Waals surface area contributed by atoms with Gasteiger partial charge in [-0.25, -0.2) is 9.07 Å². The Balaban J connectivity index is 1.66. The second-order valence-corrected chi connectivity index (χ2v) is 6.46. The quantitative estimate of drug-likeness (QED) is 0.506. The number of anilines is 1. The van der Waals surface area contributed by atoms with Crippen LogP contribution in [0.3, 0.4) is 0 Å². The van der Waals surface area contributed by atoms with Gasteiger partial charge in [0.05, 0.1) is 18.0 Å². The van der Waals surface area contributed by atoms with E-state index in [0.717, 1.165) is 11.3 Å². The second kappa shape index (κ2) is 8.57. The molecule has 0 spiro atoms. The molecule has 2 heterocycles. The van der Waals surface area contributed by atoms with E-state index in [4.69, 9.17) is 4.74 Å². The Morgan fingerprint density at radius 3 is 2.53 bits per heavy atom. The van der Waals surface area contributed by atoms with Crippen LogP contribution in [-0.4, -0.2) is 27.3 Å². The van der Waals surface area contributed by atoms with Crippen molar-refractivity contribution in [1.82, 2.24) is 14.8 Å². The number of amides is 1. The van der Waals surface area contributed by atoms with E-state index in [-0.39, 0.29) is 17.4 Å². The number of carbonyl (C=O) groups excluding carboxylic acids is 1. The molecule has 0 bridgehead atoms. The van der Waals surface area contributed by atoms with Crippen molar-refractivity contribution in [2.24, 2.45) is 0 Å². The number of nitrogens with zero attached hydrogens (tertiary/aromatic N) is 3. The second-order valence-electron chi connectivity index (χ2n) is 6.46. The van der Waals surface area contributed by atoms with Gasteiger partial charge in [-0.15, -0.1) is 0 Å². The van der Waals surface area contributed by atoms with Gasteiger partial charge in [-0.2, -0.15) is 5.10 Å². The van der Waals surface area contributed by atoms with Crippen molar-refractivity contribution in [3.8, 4) is 22.7 Å². The van der Waals surface area contributed by atoms with Crippen LogP contribution in [0.4, 0.5) is 10.1 Å². The van der Waals surface area contributed by atoms with Crippen LogP contribution in [0, 0.1) is 5.82 Å². The molecule has 0 fully saturated rings. The number of rotatable bonds is 6. The molecule has 0 saturated heterocycles. The first-order valence-corrected chi connectivity index (χ1v) is 9.44. The smallest absolute Gasteiger partial charge is 0.276 e. The molecule has 1 N–H and O–H groups in total. The van der Waals surface area contributed by atoms with Crippen molar-refractivity contribution >= 4 is 11.6 Å². The van der Waals surface area contributed by atoms with Crippen LogP contribution in [0.2, 0.25) is 0 Å². The minimum absolute atomic E-state index is 0.229. The standard InChI is InChI=1S/C23H19FN4O2/c1-2-30-20-11-7-18(8-12-20)26-23(29)21-14-22(16-4-3-13-25-15-16)28(27-21)19-9-5-17(24)6-10-19/h3-15H,2H2,1H3,(H,26,29). The lowest BCUT2D eigenvalue weighted by molar-refractivity contribution is 0.102. The fourth-order valence-corrected chi connectivity index (χ4v) is 2.99. The summed E-state index contributed by atoms with van der Waals surface area (Å²) in [4.78, 5) is 17.0. The Morgan fingerprint density at radius 2 is 1.87 bits per heavy atom. The monoisotopic (exact) mass is 402 g/mol. The van der Waals surface area contributed by atoms with Crippen molar-refractivity contribution in [2.45, 2.75) is 6.92 Å². The van der Waals surface area contributed by atoms with Crippen LogP contribution in [0.1, 0.15) is 17.4 Å². The zero-order valence-corrected chi connectivity index (χ0v) is 16.2. The lowest BCUT2D eigenvalue weighted by atomic mass is 10.2. The molecule has 30 heavy (non-hydrogen) atoms. The van der Waals surface area contributed by atoms with E-state index in [2.05, 4.69) is 15.4 Å². The van der Waals surface area contributed by atoms with Gasteiger partial charge in [-0.3, -0.25) is 9.78 Å². The predicted octanol–water partition coefficient (Wildman–Crippen LogP) is 4.72. The largest absolute Gasteiger partial charge is 0.494 e. The molecule has 0 aliphatic carbocycles. The molecular weight excluding hydrogens is 383 g/mol. The first kappa shape index (κ1) is 19.3. The minimum Gasteiger partial charge on any atom is -0.494 e. The van der Waals surface area contributed by atoms with Crippen LogP contribution in [0.5, 0.6) is 5.75 Å². The van der Waals surface area contributed by atoms with E-state index in [0.29, 0.717) is 23.7 Å². The molecule has 0 aliphatic heterocycles.